The molecule has 0 aliphatic carbocycles. The number of phenols is 1. The van der Waals surface area contributed by atoms with Crippen LogP contribution in [-0.2, 0) is 32.7 Å². The minimum atomic E-state index is -1.17. The third-order valence-electron chi connectivity index (χ3n) is 1.66. The number of aromatic hydroxyl groups is 1. The van der Waals surface area contributed by atoms with E-state index in [1.807, 2.05) is 0 Å². The summed E-state index contributed by atoms with van der Waals surface area (Å²) >= 11 is 0. The Balaban J connectivity index is 0.00000196. The number of carbonyl (C=O) groups excluding carboxylic acids is 1. The first kappa shape index (κ1) is 14.0. The van der Waals surface area contributed by atoms with Gasteiger partial charge in [-0.05, 0) is 17.7 Å². The number of hydrogen-bond acceptors (Lipinski definition) is 3. The number of carboxylic acid groups (broad SMARTS) is 1. The van der Waals surface area contributed by atoms with Crippen molar-refractivity contribution in [1.82, 2.24) is 0 Å². The third kappa shape index (κ3) is 3.25. The third-order valence-corrected chi connectivity index (χ3v) is 1.66. The van der Waals surface area contributed by atoms with Gasteiger partial charge in [-0.25, -0.2) is 4.79 Å². The second-order valence-corrected chi connectivity index (χ2v) is 2.57. The number of ketones is 1. The van der Waals surface area contributed by atoms with Crippen LogP contribution >= 0.6 is 0 Å². The molecule has 15 heavy (non-hydrogen) atoms. The van der Waals surface area contributed by atoms with Gasteiger partial charge in [-0.2, -0.15) is 6.08 Å². The molecular formula is C10H7O4Y-. The average Bonchev–Trinajstić information content (AvgIpc) is 2.17. The number of rotatable bonds is 3. The van der Waals surface area contributed by atoms with Crippen LogP contribution in [0, 0.1) is 6.58 Å². The minimum absolute atomic E-state index is 0. The summed E-state index contributed by atoms with van der Waals surface area (Å²) < 4.78 is 0. The zero-order chi connectivity index (χ0) is 10.7. The number of carboxylic acids is 1. The number of phenolic OH excluding ortho intramolecular Hbond substituents is 1. The molecule has 4 nitrogen and oxygen atoms in total. The predicted molar refractivity (Wildman–Crippen MR) is 48.3 cm³/mol. The van der Waals surface area contributed by atoms with Gasteiger partial charge in [-0.15, -0.1) is 0 Å². The first-order chi connectivity index (χ1) is 6.56. The smallest absolute Gasteiger partial charge is 0.335 e. The summed E-state index contributed by atoms with van der Waals surface area (Å²) in [6.45, 7) is 4.97. The van der Waals surface area contributed by atoms with Gasteiger partial charge in [0.1, 0.15) is 5.75 Å². The molecule has 0 bridgehead atoms. The molecule has 0 aromatic heterocycles. The summed E-state index contributed by atoms with van der Waals surface area (Å²) in [7, 11) is 0. The maximum atomic E-state index is 11.1. The fourth-order valence-electron chi connectivity index (χ4n) is 0.956. The van der Waals surface area contributed by atoms with E-state index in [-0.39, 0.29) is 49.6 Å². The van der Waals surface area contributed by atoms with Crippen LogP contribution in [0.1, 0.15) is 20.7 Å². The van der Waals surface area contributed by atoms with Crippen LogP contribution in [0.5, 0.6) is 5.75 Å². The number of aromatic carboxylic acids is 1. The Morgan fingerprint density at radius 2 is 1.93 bits per heavy atom. The molecule has 0 heterocycles. The Bertz CT molecular complexity index is 412. The molecule has 2 N–H and O–H groups in total. The number of benzene rings is 1. The first-order valence-electron chi connectivity index (χ1n) is 3.72. The van der Waals surface area contributed by atoms with E-state index >= 15 is 0 Å². The second kappa shape index (κ2) is 5.78. The minimum Gasteiger partial charge on any atom is -0.509 e. The summed E-state index contributed by atoms with van der Waals surface area (Å²) in [4.78, 5) is 21.6. The molecule has 0 aliphatic heterocycles. The Labute approximate surface area is 111 Å². The predicted octanol–water partition coefficient (Wildman–Crippen LogP) is 1.26. The maximum Gasteiger partial charge on any atom is 0.335 e. The summed E-state index contributed by atoms with van der Waals surface area (Å²) in [5, 5.41) is 17.8. The van der Waals surface area contributed by atoms with Crippen molar-refractivity contribution in [1.29, 1.82) is 0 Å². The van der Waals surface area contributed by atoms with E-state index in [2.05, 4.69) is 0 Å². The van der Waals surface area contributed by atoms with E-state index in [1.165, 1.54) is 6.07 Å². The Hall–Kier alpha value is -0.996. The second-order valence-electron chi connectivity index (χ2n) is 2.57. The molecule has 0 saturated heterocycles. The van der Waals surface area contributed by atoms with Crippen molar-refractivity contribution in [3.05, 3.63) is 42.0 Å². The van der Waals surface area contributed by atoms with Crippen molar-refractivity contribution in [3.63, 3.8) is 0 Å². The van der Waals surface area contributed by atoms with Gasteiger partial charge in [0.2, 0.25) is 0 Å². The number of hydrogen-bond donors (Lipinski definition) is 2. The topological polar surface area (TPSA) is 74.6 Å². The molecule has 0 aliphatic rings. The zero-order valence-electron chi connectivity index (χ0n) is 7.68. The monoisotopic (exact) mass is 280 g/mol. The van der Waals surface area contributed by atoms with Gasteiger partial charge < -0.3 is 15.0 Å². The van der Waals surface area contributed by atoms with Crippen molar-refractivity contribution in [3.8, 4) is 5.75 Å². The van der Waals surface area contributed by atoms with Gasteiger partial charge in [0.05, 0.1) is 5.56 Å². The molecule has 5 heteroatoms. The van der Waals surface area contributed by atoms with Gasteiger partial charge in [0, 0.05) is 38.5 Å². The molecule has 0 atom stereocenters. The van der Waals surface area contributed by atoms with Crippen molar-refractivity contribution in [2.24, 2.45) is 0 Å². The Morgan fingerprint density at radius 3 is 2.40 bits per heavy atom. The largest absolute Gasteiger partial charge is 0.509 e. The van der Waals surface area contributed by atoms with Gasteiger partial charge in [0.25, 0.3) is 0 Å². The Kier molecular flexibility index (Phi) is 5.40. The first-order valence-corrected chi connectivity index (χ1v) is 3.72. The number of carbonyl (C=O) groups is 2. The van der Waals surface area contributed by atoms with Crippen LogP contribution < -0.4 is 0 Å². The maximum absolute atomic E-state index is 11.1. The summed E-state index contributed by atoms with van der Waals surface area (Å²) in [6, 6.07) is 3.41. The molecular weight excluding hydrogens is 273 g/mol. The van der Waals surface area contributed by atoms with Crippen molar-refractivity contribution in [2.75, 3.05) is 0 Å². The quantitative estimate of drug-likeness (QED) is 0.496. The van der Waals surface area contributed by atoms with Crippen LogP contribution in [-0.4, -0.2) is 22.0 Å². The zero-order valence-corrected chi connectivity index (χ0v) is 10.5. The van der Waals surface area contributed by atoms with Crippen molar-refractivity contribution >= 4 is 11.8 Å². The van der Waals surface area contributed by atoms with Crippen molar-refractivity contribution in [2.45, 2.75) is 0 Å². The summed E-state index contributed by atoms with van der Waals surface area (Å²) in [5.74, 6) is -2.08. The van der Waals surface area contributed by atoms with E-state index < -0.39 is 11.8 Å². The molecule has 0 spiro atoms. The fraction of sp³-hybridized carbons (Fsp3) is 0. The van der Waals surface area contributed by atoms with Crippen LogP contribution in [0.25, 0.3) is 0 Å². The fourth-order valence-corrected chi connectivity index (χ4v) is 0.956. The van der Waals surface area contributed by atoms with Gasteiger partial charge in [-0.1, -0.05) is 6.07 Å². The van der Waals surface area contributed by atoms with E-state index in [0.29, 0.717) is 0 Å². The molecule has 1 radical (unpaired) electrons. The van der Waals surface area contributed by atoms with Gasteiger partial charge >= 0.3 is 5.97 Å². The van der Waals surface area contributed by atoms with E-state index in [4.69, 9.17) is 11.7 Å². The SMILES string of the molecule is [CH-]=CC(=O)c1cc(C(=O)O)ccc1O.[Y]. The molecule has 0 saturated carbocycles. The molecule has 1 aromatic carbocycles. The summed E-state index contributed by atoms with van der Waals surface area (Å²) in [6.07, 6.45) is 0.765. The van der Waals surface area contributed by atoms with Gasteiger partial charge in [-0.3, -0.25) is 6.58 Å². The average molecular weight is 280 g/mol. The van der Waals surface area contributed by atoms with E-state index in [9.17, 15) is 14.7 Å². The molecule has 0 unspecified atom stereocenters. The van der Waals surface area contributed by atoms with Crippen molar-refractivity contribution < 1.29 is 52.5 Å². The molecule has 0 amide bonds. The standard InChI is InChI=1S/C10H7O4.Y/c1-2-8(11)7-5-6(10(13)14)3-4-9(7)12;/h1-5,12H,(H,13,14);/q-1;. The van der Waals surface area contributed by atoms with Crippen LogP contribution in [0.15, 0.2) is 24.3 Å². The van der Waals surface area contributed by atoms with Crippen LogP contribution in [0.2, 0.25) is 0 Å². The van der Waals surface area contributed by atoms with Crippen LogP contribution in [0.4, 0.5) is 0 Å². The Morgan fingerprint density at radius 1 is 1.33 bits per heavy atom. The number of allylic oxidation sites excluding steroid dienone is 1. The van der Waals surface area contributed by atoms with Crippen LogP contribution in [0.3, 0.4) is 0 Å². The normalized spacial score (nSPS) is 8.80. The molecule has 0 fully saturated rings. The molecule has 1 rings (SSSR count). The summed E-state index contributed by atoms with van der Waals surface area (Å²) in [5.41, 5.74) is -0.194. The molecule has 75 valence electrons. The van der Waals surface area contributed by atoms with E-state index in [1.54, 1.807) is 0 Å². The molecule has 1 aromatic rings. The van der Waals surface area contributed by atoms with E-state index in [0.717, 1.165) is 18.2 Å². The van der Waals surface area contributed by atoms with Gasteiger partial charge in [0.15, 0.2) is 0 Å².